The fourth-order valence-electron chi connectivity index (χ4n) is 3.93. The molecule has 34 heavy (non-hydrogen) atoms. The van der Waals surface area contributed by atoms with Gasteiger partial charge in [0.05, 0.1) is 12.0 Å². The van der Waals surface area contributed by atoms with E-state index in [0.717, 1.165) is 57.6 Å². The van der Waals surface area contributed by atoms with E-state index >= 15 is 0 Å². The van der Waals surface area contributed by atoms with Gasteiger partial charge in [-0.1, -0.05) is 48.2 Å². The van der Waals surface area contributed by atoms with Crippen LogP contribution in [-0.4, -0.2) is 23.0 Å². The molecule has 0 aliphatic heterocycles. The summed E-state index contributed by atoms with van der Waals surface area (Å²) < 4.78 is 7.55. The summed E-state index contributed by atoms with van der Waals surface area (Å²) in [4.78, 5) is 6.07. The minimum atomic E-state index is 0.786. The Hall–Kier alpha value is -4.01. The van der Waals surface area contributed by atoms with Crippen LogP contribution >= 0.6 is 11.3 Å². The molecule has 0 atom stereocenters. The van der Waals surface area contributed by atoms with Gasteiger partial charge in [0.15, 0.2) is 0 Å². The van der Waals surface area contributed by atoms with E-state index < -0.39 is 0 Å². The molecule has 2 aromatic carbocycles. The molecule has 5 heteroatoms. The van der Waals surface area contributed by atoms with Crippen LogP contribution in [0.2, 0.25) is 0 Å². The SMILES string of the molecule is COc1cccc(CCNc2c(-c3cc(C#Cc4ccccc4)cs3)nc3cccc(C)n23)c1. The van der Waals surface area contributed by atoms with Crippen molar-refractivity contribution < 1.29 is 4.74 Å². The Morgan fingerprint density at radius 2 is 1.76 bits per heavy atom. The molecule has 0 saturated carbocycles. The predicted octanol–water partition coefficient (Wildman–Crippen LogP) is 6.43. The molecule has 0 aliphatic carbocycles. The molecule has 4 nitrogen and oxygen atoms in total. The van der Waals surface area contributed by atoms with Gasteiger partial charge < -0.3 is 10.1 Å². The number of hydrogen-bond donors (Lipinski definition) is 1. The van der Waals surface area contributed by atoms with E-state index in [4.69, 9.17) is 9.72 Å². The van der Waals surface area contributed by atoms with Crippen LogP contribution in [0.3, 0.4) is 0 Å². The summed E-state index contributed by atoms with van der Waals surface area (Å²) in [5, 5.41) is 5.76. The van der Waals surface area contributed by atoms with Crippen molar-refractivity contribution in [3.05, 3.63) is 107 Å². The lowest BCUT2D eigenvalue weighted by molar-refractivity contribution is 0.414. The highest BCUT2D eigenvalue weighted by molar-refractivity contribution is 7.13. The summed E-state index contributed by atoms with van der Waals surface area (Å²) >= 11 is 1.67. The van der Waals surface area contributed by atoms with Gasteiger partial charge in [0.2, 0.25) is 0 Å². The Labute approximate surface area is 203 Å². The Bertz CT molecular complexity index is 1490. The molecule has 168 valence electrons. The monoisotopic (exact) mass is 463 g/mol. The number of ether oxygens (including phenoxy) is 1. The number of methoxy groups -OCH3 is 1. The molecule has 0 radical (unpaired) electrons. The molecule has 0 spiro atoms. The topological polar surface area (TPSA) is 38.6 Å². The van der Waals surface area contributed by atoms with Crippen molar-refractivity contribution in [3.63, 3.8) is 0 Å². The molecule has 0 amide bonds. The second kappa shape index (κ2) is 9.86. The van der Waals surface area contributed by atoms with Gasteiger partial charge in [-0.2, -0.15) is 0 Å². The lowest BCUT2D eigenvalue weighted by atomic mass is 10.1. The molecule has 0 unspecified atom stereocenters. The number of aryl methyl sites for hydroxylation is 1. The number of benzene rings is 2. The van der Waals surface area contributed by atoms with Gasteiger partial charge >= 0.3 is 0 Å². The molecular weight excluding hydrogens is 438 g/mol. The molecule has 5 rings (SSSR count). The van der Waals surface area contributed by atoms with Crippen LogP contribution in [-0.2, 0) is 6.42 Å². The smallest absolute Gasteiger partial charge is 0.139 e. The van der Waals surface area contributed by atoms with Gasteiger partial charge in [-0.15, -0.1) is 11.3 Å². The Morgan fingerprint density at radius 3 is 2.62 bits per heavy atom. The molecule has 5 aromatic rings. The number of imidazole rings is 1. The van der Waals surface area contributed by atoms with Crippen molar-refractivity contribution in [2.75, 3.05) is 19.0 Å². The minimum Gasteiger partial charge on any atom is -0.497 e. The molecular formula is C29H25N3OS. The van der Waals surface area contributed by atoms with Crippen molar-refractivity contribution in [2.45, 2.75) is 13.3 Å². The first-order chi connectivity index (χ1) is 16.7. The third-order valence-electron chi connectivity index (χ3n) is 5.64. The fourth-order valence-corrected chi connectivity index (χ4v) is 4.76. The quantitative estimate of drug-likeness (QED) is 0.295. The third-order valence-corrected chi connectivity index (χ3v) is 6.57. The number of fused-ring (bicyclic) bond motifs is 1. The van der Waals surface area contributed by atoms with Crippen molar-refractivity contribution in [2.24, 2.45) is 0 Å². The zero-order valence-corrected chi connectivity index (χ0v) is 20.0. The lowest BCUT2D eigenvalue weighted by Crippen LogP contribution is -2.08. The first kappa shape index (κ1) is 21.8. The van der Waals surface area contributed by atoms with Gasteiger partial charge in [0.1, 0.15) is 22.9 Å². The number of aromatic nitrogens is 2. The van der Waals surface area contributed by atoms with E-state index in [1.54, 1.807) is 18.4 Å². The van der Waals surface area contributed by atoms with E-state index in [9.17, 15) is 0 Å². The van der Waals surface area contributed by atoms with Crippen molar-refractivity contribution in [3.8, 4) is 28.2 Å². The highest BCUT2D eigenvalue weighted by Crippen LogP contribution is 2.34. The van der Waals surface area contributed by atoms with Crippen LogP contribution in [0.1, 0.15) is 22.4 Å². The second-order valence-electron chi connectivity index (χ2n) is 8.01. The number of rotatable bonds is 6. The third kappa shape index (κ3) is 4.68. The molecule has 0 bridgehead atoms. The van der Waals surface area contributed by atoms with E-state index in [-0.39, 0.29) is 0 Å². The standard InChI is InChI=1S/C29H25N3OS/c1-21-8-6-13-27-31-28(26-19-24(20-34-26)15-14-22-9-4-3-5-10-22)29(32(21)27)30-17-16-23-11-7-12-25(18-23)33-2/h3-13,18-20,30H,16-17H2,1-2H3. The first-order valence-corrected chi connectivity index (χ1v) is 12.1. The average Bonchev–Trinajstić information content (AvgIpc) is 3.49. The summed E-state index contributed by atoms with van der Waals surface area (Å²) in [6.07, 6.45) is 0.883. The maximum atomic E-state index is 5.36. The number of hydrogen-bond acceptors (Lipinski definition) is 4. The van der Waals surface area contributed by atoms with Gasteiger partial charge in [0.25, 0.3) is 0 Å². The van der Waals surface area contributed by atoms with Gasteiger partial charge in [-0.25, -0.2) is 4.98 Å². The van der Waals surface area contributed by atoms with Crippen molar-refractivity contribution in [1.82, 2.24) is 9.38 Å². The number of anilines is 1. The maximum Gasteiger partial charge on any atom is 0.139 e. The molecule has 0 aliphatic rings. The maximum absolute atomic E-state index is 5.36. The van der Waals surface area contributed by atoms with Crippen LogP contribution in [0.15, 0.2) is 84.2 Å². The first-order valence-electron chi connectivity index (χ1n) is 11.2. The number of pyridine rings is 1. The number of thiophene rings is 1. The molecule has 1 N–H and O–H groups in total. The van der Waals surface area contributed by atoms with E-state index in [1.165, 1.54) is 5.56 Å². The largest absolute Gasteiger partial charge is 0.497 e. The summed E-state index contributed by atoms with van der Waals surface area (Å²) in [7, 11) is 1.70. The molecule has 0 saturated heterocycles. The Balaban J connectivity index is 1.44. The number of nitrogens with one attached hydrogen (secondary N) is 1. The number of nitrogens with zero attached hydrogens (tertiary/aromatic N) is 2. The molecule has 0 fully saturated rings. The van der Waals surface area contributed by atoms with Crippen LogP contribution in [0.4, 0.5) is 5.82 Å². The molecule has 3 aromatic heterocycles. The van der Waals surface area contributed by atoms with Crippen molar-refractivity contribution >= 4 is 22.8 Å². The highest BCUT2D eigenvalue weighted by Gasteiger charge is 2.16. The van der Waals surface area contributed by atoms with Gasteiger partial charge in [-0.3, -0.25) is 4.40 Å². The second-order valence-corrected chi connectivity index (χ2v) is 8.92. The Morgan fingerprint density at radius 1 is 0.941 bits per heavy atom. The lowest BCUT2D eigenvalue weighted by Gasteiger charge is -2.10. The van der Waals surface area contributed by atoms with E-state index in [0.29, 0.717) is 0 Å². The summed E-state index contributed by atoms with van der Waals surface area (Å²) in [5.74, 6) is 8.42. The summed E-state index contributed by atoms with van der Waals surface area (Å²) in [6, 6.07) is 26.6. The van der Waals surface area contributed by atoms with E-state index in [2.05, 4.69) is 58.1 Å². The van der Waals surface area contributed by atoms with Crippen LogP contribution in [0, 0.1) is 18.8 Å². The van der Waals surface area contributed by atoms with Crippen molar-refractivity contribution in [1.29, 1.82) is 0 Å². The molecule has 3 heterocycles. The zero-order chi connectivity index (χ0) is 23.3. The van der Waals surface area contributed by atoms with Gasteiger partial charge in [-0.05, 0) is 61.4 Å². The Kier molecular flexibility index (Phi) is 6.33. The van der Waals surface area contributed by atoms with Gasteiger partial charge in [0, 0.05) is 28.7 Å². The van der Waals surface area contributed by atoms with E-state index in [1.807, 2.05) is 54.6 Å². The normalized spacial score (nSPS) is 10.6. The van der Waals surface area contributed by atoms with Crippen LogP contribution in [0.25, 0.3) is 16.2 Å². The average molecular weight is 464 g/mol. The predicted molar refractivity (Wildman–Crippen MR) is 141 cm³/mol. The summed E-state index contributed by atoms with van der Waals surface area (Å²) in [5.41, 5.74) is 6.27. The van der Waals surface area contributed by atoms with Crippen LogP contribution < -0.4 is 10.1 Å². The van der Waals surface area contributed by atoms with Crippen LogP contribution in [0.5, 0.6) is 5.75 Å². The highest BCUT2D eigenvalue weighted by atomic mass is 32.1. The minimum absolute atomic E-state index is 0.786. The fraction of sp³-hybridized carbons (Fsp3) is 0.138. The zero-order valence-electron chi connectivity index (χ0n) is 19.2. The summed E-state index contributed by atoms with van der Waals surface area (Å²) in [6.45, 7) is 2.89.